The van der Waals surface area contributed by atoms with Crippen LogP contribution >= 0.6 is 0 Å². The molecule has 11 heteroatoms. The maximum Gasteiger partial charge on any atom is 0.326 e. The van der Waals surface area contributed by atoms with Crippen molar-refractivity contribution in [1.29, 1.82) is 0 Å². The predicted molar refractivity (Wildman–Crippen MR) is 168 cm³/mol. The first-order valence-corrected chi connectivity index (χ1v) is 16.8. The molecular formula is C33H58N2O9. The second kappa shape index (κ2) is 27.6. The minimum atomic E-state index is -1.23. The molecule has 0 aliphatic rings. The zero-order valence-corrected chi connectivity index (χ0v) is 26.9. The lowest BCUT2D eigenvalue weighted by Crippen LogP contribution is -2.41. The van der Waals surface area contributed by atoms with Gasteiger partial charge in [-0.05, 0) is 32.6 Å². The molecule has 0 aliphatic carbocycles. The van der Waals surface area contributed by atoms with E-state index in [0.29, 0.717) is 13.0 Å². The van der Waals surface area contributed by atoms with Crippen LogP contribution in [-0.4, -0.2) is 63.4 Å². The Morgan fingerprint density at radius 3 is 1.39 bits per heavy atom. The average Bonchev–Trinajstić information content (AvgIpc) is 2.96. The zero-order chi connectivity index (χ0) is 33.0. The Labute approximate surface area is 263 Å². The van der Waals surface area contributed by atoms with Crippen molar-refractivity contribution in [2.75, 3.05) is 6.54 Å². The molecule has 0 aromatic carbocycles. The van der Waals surface area contributed by atoms with Gasteiger partial charge in [-0.2, -0.15) is 0 Å². The fourth-order valence-electron chi connectivity index (χ4n) is 5.15. The largest absolute Gasteiger partial charge is 0.481 e. The maximum atomic E-state index is 12.3. The normalized spacial score (nSPS) is 12.3. The van der Waals surface area contributed by atoms with Gasteiger partial charge >= 0.3 is 17.9 Å². The van der Waals surface area contributed by atoms with Crippen molar-refractivity contribution in [3.8, 4) is 0 Å². The van der Waals surface area contributed by atoms with E-state index in [0.717, 1.165) is 38.5 Å². The second-order valence-corrected chi connectivity index (χ2v) is 11.8. The Kier molecular flexibility index (Phi) is 25.7. The third-order valence-corrected chi connectivity index (χ3v) is 7.81. The molecule has 0 fully saturated rings. The van der Waals surface area contributed by atoms with Crippen molar-refractivity contribution in [2.45, 2.75) is 161 Å². The number of rotatable bonds is 31. The molecule has 254 valence electrons. The first-order chi connectivity index (χ1) is 21.1. The molecule has 5 N–H and O–H groups in total. The number of carbonyl (C=O) groups excluding carboxylic acids is 3. The van der Waals surface area contributed by atoms with Crippen molar-refractivity contribution in [3.63, 3.8) is 0 Å². The molecule has 0 saturated carbocycles. The van der Waals surface area contributed by atoms with Crippen LogP contribution in [0.5, 0.6) is 0 Å². The number of ketones is 1. The van der Waals surface area contributed by atoms with E-state index in [4.69, 9.17) is 5.11 Å². The van der Waals surface area contributed by atoms with Crippen LogP contribution in [0.15, 0.2) is 0 Å². The third kappa shape index (κ3) is 25.5. The van der Waals surface area contributed by atoms with Crippen molar-refractivity contribution < 1.29 is 44.1 Å². The van der Waals surface area contributed by atoms with E-state index in [1.165, 1.54) is 57.8 Å². The third-order valence-electron chi connectivity index (χ3n) is 7.81. The van der Waals surface area contributed by atoms with E-state index < -0.39 is 35.7 Å². The first kappa shape index (κ1) is 41.0. The lowest BCUT2D eigenvalue weighted by atomic mass is 9.94. The van der Waals surface area contributed by atoms with Gasteiger partial charge in [0.2, 0.25) is 11.8 Å². The number of aliphatic carboxylic acids is 3. The Hall–Kier alpha value is -2.98. The minimum Gasteiger partial charge on any atom is -0.481 e. The molecule has 11 nitrogen and oxygen atoms in total. The molecule has 0 aromatic heterocycles. The number of unbranched alkanes of at least 4 members (excludes halogenated alkanes) is 15. The number of carbonyl (C=O) groups is 6. The average molecular weight is 627 g/mol. The standard InChI is InChI=1S/C33H58N2O9/c1-2-34-29(37)24-21-26(32(41)42)25-27(36)22-23-28(33(43)44)35-30(38)19-17-15-13-11-9-7-5-3-4-6-8-10-12-14-16-18-20-31(39)40/h26,28H,2-25H2,1H3,(H,34,37)(H,35,38)(H,39,40)(H,41,42)(H,43,44)/t26-,28+/m1/s1. The van der Waals surface area contributed by atoms with E-state index >= 15 is 0 Å². The number of carboxylic acids is 3. The fraction of sp³-hybridized carbons (Fsp3) is 0.818. The number of Topliss-reactive ketones (excluding diaryl/α,β-unsaturated/α-hetero) is 1. The quantitative estimate of drug-likeness (QED) is 0.0573. The lowest BCUT2D eigenvalue weighted by molar-refractivity contribution is -0.145. The number of hydrogen-bond acceptors (Lipinski definition) is 6. The van der Waals surface area contributed by atoms with Gasteiger partial charge in [0.1, 0.15) is 11.8 Å². The number of nitrogens with one attached hydrogen (secondary N) is 2. The fourth-order valence-corrected chi connectivity index (χ4v) is 5.15. The van der Waals surface area contributed by atoms with Gasteiger partial charge in [-0.25, -0.2) is 4.79 Å². The molecule has 0 saturated heterocycles. The van der Waals surface area contributed by atoms with Crippen LogP contribution in [0.25, 0.3) is 0 Å². The highest BCUT2D eigenvalue weighted by Gasteiger charge is 2.25. The summed E-state index contributed by atoms with van der Waals surface area (Å²) in [4.78, 5) is 69.7. The van der Waals surface area contributed by atoms with Crippen LogP contribution in [0.1, 0.15) is 155 Å². The molecule has 0 aromatic rings. The van der Waals surface area contributed by atoms with E-state index in [9.17, 15) is 39.0 Å². The van der Waals surface area contributed by atoms with Crippen LogP contribution in [-0.2, 0) is 28.8 Å². The molecule has 2 amide bonds. The summed E-state index contributed by atoms with van der Waals surface area (Å²) in [5.41, 5.74) is 0. The van der Waals surface area contributed by atoms with Crippen molar-refractivity contribution in [3.05, 3.63) is 0 Å². The van der Waals surface area contributed by atoms with Gasteiger partial charge in [-0.3, -0.25) is 24.0 Å². The van der Waals surface area contributed by atoms with Crippen LogP contribution in [0.3, 0.4) is 0 Å². The lowest BCUT2D eigenvalue weighted by Gasteiger charge is -2.15. The summed E-state index contributed by atoms with van der Waals surface area (Å²) >= 11 is 0. The number of carboxylic acid groups (broad SMARTS) is 3. The number of amides is 2. The summed E-state index contributed by atoms with van der Waals surface area (Å²) in [5.74, 6) is -5.19. The van der Waals surface area contributed by atoms with Crippen LogP contribution in [0, 0.1) is 5.92 Å². The van der Waals surface area contributed by atoms with E-state index in [1.807, 2.05) is 0 Å². The SMILES string of the molecule is CCNC(=O)CC[C@H](CC(=O)CC[C@H](NC(=O)CCCCCCCCCCCCCCCCCCC(=O)O)C(=O)O)C(=O)O. The predicted octanol–water partition coefficient (Wildman–Crippen LogP) is 6.02. The molecular weight excluding hydrogens is 568 g/mol. The van der Waals surface area contributed by atoms with Gasteiger partial charge < -0.3 is 26.0 Å². The van der Waals surface area contributed by atoms with Crippen molar-refractivity contribution >= 4 is 35.5 Å². The molecule has 0 unspecified atom stereocenters. The molecule has 0 rings (SSSR count). The molecule has 0 heterocycles. The monoisotopic (exact) mass is 626 g/mol. The van der Waals surface area contributed by atoms with Gasteiger partial charge in [0.05, 0.1) is 5.92 Å². The highest BCUT2D eigenvalue weighted by atomic mass is 16.4. The summed E-state index contributed by atoms with van der Waals surface area (Å²) in [5, 5.41) is 32.5. The maximum absolute atomic E-state index is 12.3. The van der Waals surface area contributed by atoms with Gasteiger partial charge in [0.25, 0.3) is 0 Å². The van der Waals surface area contributed by atoms with Crippen LogP contribution in [0.4, 0.5) is 0 Å². The second-order valence-electron chi connectivity index (χ2n) is 11.8. The van der Waals surface area contributed by atoms with Crippen molar-refractivity contribution in [1.82, 2.24) is 10.6 Å². The Morgan fingerprint density at radius 1 is 0.523 bits per heavy atom. The summed E-state index contributed by atoms with van der Waals surface area (Å²) in [6.07, 6.45) is 17.7. The molecule has 2 atom stereocenters. The highest BCUT2D eigenvalue weighted by molar-refractivity contribution is 5.86. The van der Waals surface area contributed by atoms with Crippen molar-refractivity contribution in [2.24, 2.45) is 5.92 Å². The summed E-state index contributed by atoms with van der Waals surface area (Å²) in [6, 6.07) is -1.21. The van der Waals surface area contributed by atoms with Gasteiger partial charge in [0.15, 0.2) is 0 Å². The highest BCUT2D eigenvalue weighted by Crippen LogP contribution is 2.16. The summed E-state index contributed by atoms with van der Waals surface area (Å²) in [7, 11) is 0. The van der Waals surface area contributed by atoms with Crippen LogP contribution < -0.4 is 10.6 Å². The Balaban J connectivity index is 3.88. The zero-order valence-electron chi connectivity index (χ0n) is 26.9. The van der Waals surface area contributed by atoms with E-state index in [-0.39, 0.29) is 56.8 Å². The minimum absolute atomic E-state index is 0.00546. The van der Waals surface area contributed by atoms with E-state index in [2.05, 4.69) is 10.6 Å². The summed E-state index contributed by atoms with van der Waals surface area (Å²) in [6.45, 7) is 2.18. The number of hydrogen-bond donors (Lipinski definition) is 5. The molecule has 0 spiro atoms. The topological polar surface area (TPSA) is 187 Å². The smallest absolute Gasteiger partial charge is 0.326 e. The molecule has 0 aliphatic heterocycles. The molecule has 0 radical (unpaired) electrons. The molecule has 44 heavy (non-hydrogen) atoms. The van der Waals surface area contributed by atoms with E-state index in [1.54, 1.807) is 6.92 Å². The Bertz CT molecular complexity index is 847. The Morgan fingerprint density at radius 2 is 0.977 bits per heavy atom. The van der Waals surface area contributed by atoms with Gasteiger partial charge in [-0.15, -0.1) is 0 Å². The van der Waals surface area contributed by atoms with Crippen LogP contribution in [0.2, 0.25) is 0 Å². The summed E-state index contributed by atoms with van der Waals surface area (Å²) < 4.78 is 0. The molecule has 0 bridgehead atoms. The van der Waals surface area contributed by atoms with Gasteiger partial charge in [-0.1, -0.05) is 89.9 Å². The van der Waals surface area contributed by atoms with Gasteiger partial charge in [0, 0.05) is 38.6 Å². The first-order valence-electron chi connectivity index (χ1n) is 16.8.